The van der Waals surface area contributed by atoms with Crippen molar-refractivity contribution in [1.29, 1.82) is 0 Å². The van der Waals surface area contributed by atoms with Crippen LogP contribution in [0.25, 0.3) is 16.8 Å². The van der Waals surface area contributed by atoms with E-state index in [4.69, 9.17) is 14.5 Å². The summed E-state index contributed by atoms with van der Waals surface area (Å²) < 4.78 is 27.2. The van der Waals surface area contributed by atoms with E-state index in [0.717, 1.165) is 48.4 Å². The smallest absolute Gasteiger partial charge is 0.209 e. The van der Waals surface area contributed by atoms with Gasteiger partial charge in [-0.2, -0.15) is 4.39 Å². The van der Waals surface area contributed by atoms with E-state index < -0.39 is 5.82 Å². The van der Waals surface area contributed by atoms with E-state index in [1.54, 1.807) is 47.6 Å². The van der Waals surface area contributed by atoms with E-state index in [1.807, 2.05) is 18.3 Å². The van der Waals surface area contributed by atoms with Crippen molar-refractivity contribution in [1.82, 2.24) is 19.3 Å². The summed E-state index contributed by atoms with van der Waals surface area (Å²) in [5.74, 6) is 1.26. The van der Waals surface area contributed by atoms with Crippen LogP contribution in [0.5, 0.6) is 17.2 Å². The number of ether oxygens (including phenoxy) is 2. The summed E-state index contributed by atoms with van der Waals surface area (Å²) in [4.78, 5) is 22.3. The molecule has 3 heterocycles. The second-order valence-corrected chi connectivity index (χ2v) is 7.99. The first-order chi connectivity index (χ1) is 16.2. The molecule has 1 atom stereocenters. The lowest BCUT2D eigenvalue weighted by Crippen LogP contribution is -2.33. The maximum atomic E-state index is 14.4. The van der Waals surface area contributed by atoms with Gasteiger partial charge in [0.2, 0.25) is 12.2 Å². The number of benzene rings is 2. The number of carbonyl (C=O) groups excluding carboxylic acids is 1. The molecule has 2 aromatic carbocycles. The van der Waals surface area contributed by atoms with Crippen LogP contribution in [0, 0.1) is 5.82 Å². The second kappa shape index (κ2) is 8.90. The van der Waals surface area contributed by atoms with E-state index in [-0.39, 0.29) is 17.4 Å². The lowest BCUT2D eigenvalue weighted by atomic mass is 9.98. The monoisotopic (exact) mass is 446 g/mol. The summed E-state index contributed by atoms with van der Waals surface area (Å²) in [5.41, 5.74) is 2.59. The van der Waals surface area contributed by atoms with Gasteiger partial charge in [0, 0.05) is 37.0 Å². The maximum absolute atomic E-state index is 14.4. The molecule has 0 aliphatic carbocycles. The lowest BCUT2D eigenvalue weighted by Gasteiger charge is -2.29. The Bertz CT molecular complexity index is 1290. The summed E-state index contributed by atoms with van der Waals surface area (Å²) in [7, 11) is 1.42. The van der Waals surface area contributed by atoms with Gasteiger partial charge in [-0.15, -0.1) is 0 Å². The topological polar surface area (TPSA) is 69.0 Å². The summed E-state index contributed by atoms with van der Waals surface area (Å²) in [6.45, 7) is 1.44. The van der Waals surface area contributed by atoms with Gasteiger partial charge in [-0.05, 0) is 49.2 Å². The molecule has 33 heavy (non-hydrogen) atoms. The molecule has 1 aliphatic rings. The number of hydrogen-bond acceptors (Lipinski definition) is 5. The van der Waals surface area contributed by atoms with Crippen LogP contribution in [-0.4, -0.2) is 45.9 Å². The molecule has 7 nitrogen and oxygen atoms in total. The Morgan fingerprint density at radius 2 is 1.97 bits per heavy atom. The first kappa shape index (κ1) is 20.9. The van der Waals surface area contributed by atoms with Crippen molar-refractivity contribution in [2.45, 2.75) is 18.8 Å². The van der Waals surface area contributed by atoms with Crippen molar-refractivity contribution in [3.8, 4) is 28.5 Å². The van der Waals surface area contributed by atoms with Gasteiger partial charge in [0.05, 0.1) is 24.5 Å². The molecule has 8 heteroatoms. The predicted molar refractivity (Wildman–Crippen MR) is 121 cm³/mol. The molecule has 1 amide bonds. The number of fused-ring (bicyclic) bond motifs is 1. The number of methoxy groups -OCH3 is 1. The minimum absolute atomic E-state index is 0.0954. The fourth-order valence-corrected chi connectivity index (χ4v) is 4.31. The van der Waals surface area contributed by atoms with E-state index >= 15 is 0 Å². The number of rotatable bonds is 6. The van der Waals surface area contributed by atoms with Crippen molar-refractivity contribution in [2.24, 2.45) is 0 Å². The van der Waals surface area contributed by atoms with Crippen molar-refractivity contribution < 1.29 is 18.7 Å². The largest absolute Gasteiger partial charge is 0.494 e. The van der Waals surface area contributed by atoms with Crippen molar-refractivity contribution in [2.75, 3.05) is 20.2 Å². The Kier molecular flexibility index (Phi) is 5.64. The highest BCUT2D eigenvalue weighted by Gasteiger charge is 2.26. The number of piperidine rings is 1. The average molecular weight is 446 g/mol. The molecule has 1 unspecified atom stereocenters. The van der Waals surface area contributed by atoms with Gasteiger partial charge in [0.15, 0.2) is 11.5 Å². The fourth-order valence-electron chi connectivity index (χ4n) is 4.31. The van der Waals surface area contributed by atoms with Gasteiger partial charge >= 0.3 is 0 Å². The van der Waals surface area contributed by atoms with Crippen LogP contribution in [0.3, 0.4) is 0 Å². The molecule has 0 bridgehead atoms. The number of nitrogens with zero attached hydrogens (tertiary/aromatic N) is 4. The van der Waals surface area contributed by atoms with E-state index in [0.29, 0.717) is 12.3 Å². The summed E-state index contributed by atoms with van der Waals surface area (Å²) in [6, 6.07) is 12.1. The number of hydrogen-bond donors (Lipinski definition) is 0. The number of imidazole rings is 1. The Morgan fingerprint density at radius 3 is 2.76 bits per heavy atom. The van der Waals surface area contributed by atoms with Gasteiger partial charge in [0.1, 0.15) is 11.6 Å². The van der Waals surface area contributed by atoms with Gasteiger partial charge in [-0.1, -0.05) is 6.07 Å². The molecular weight excluding hydrogens is 423 g/mol. The number of amides is 1. The highest BCUT2D eigenvalue weighted by molar-refractivity contribution is 5.77. The summed E-state index contributed by atoms with van der Waals surface area (Å²) in [5, 5.41) is 0. The van der Waals surface area contributed by atoms with Crippen LogP contribution >= 0.6 is 0 Å². The Labute approximate surface area is 190 Å². The van der Waals surface area contributed by atoms with Crippen LogP contribution in [0.1, 0.15) is 24.6 Å². The quantitative estimate of drug-likeness (QED) is 0.403. The standard InChI is InChI=1S/C25H23FN4O3/c1-32-21-5-2-6-22(23(21)26)33-19-9-7-17(8-10-19)24-20-14-27-11-13-30(20)25(28-24)18-4-3-12-29(15-18)16-31/h2,5-11,13-14,16,18H,3-4,12,15H2,1H3. The van der Waals surface area contributed by atoms with Crippen molar-refractivity contribution in [3.05, 3.63) is 72.7 Å². The third-order valence-corrected chi connectivity index (χ3v) is 5.94. The van der Waals surface area contributed by atoms with E-state index in [1.165, 1.54) is 7.11 Å². The SMILES string of the molecule is COc1cccc(Oc2ccc(-c3nc(C4CCCN(C=O)C4)n4ccncc34)cc2)c1F. The molecule has 1 saturated heterocycles. The van der Waals surface area contributed by atoms with Crippen molar-refractivity contribution >= 4 is 11.9 Å². The predicted octanol–water partition coefficient (Wildman–Crippen LogP) is 4.67. The van der Waals surface area contributed by atoms with Crippen LogP contribution in [-0.2, 0) is 4.79 Å². The minimum atomic E-state index is -0.545. The average Bonchev–Trinajstić information content (AvgIpc) is 3.26. The van der Waals surface area contributed by atoms with E-state index in [9.17, 15) is 9.18 Å². The molecule has 0 N–H and O–H groups in total. The van der Waals surface area contributed by atoms with Gasteiger partial charge in [0.25, 0.3) is 0 Å². The molecule has 1 fully saturated rings. The number of halogens is 1. The number of carbonyl (C=O) groups is 1. The van der Waals surface area contributed by atoms with Gasteiger partial charge < -0.3 is 14.4 Å². The molecule has 0 spiro atoms. The van der Waals surface area contributed by atoms with Gasteiger partial charge in [-0.25, -0.2) is 4.98 Å². The summed E-state index contributed by atoms with van der Waals surface area (Å²) >= 11 is 0. The molecule has 168 valence electrons. The zero-order chi connectivity index (χ0) is 22.8. The molecular formula is C25H23FN4O3. The Balaban J connectivity index is 1.46. The third kappa shape index (κ3) is 4.00. The highest BCUT2D eigenvalue weighted by atomic mass is 19.1. The van der Waals surface area contributed by atoms with Gasteiger partial charge in [-0.3, -0.25) is 14.2 Å². The van der Waals surface area contributed by atoms with Crippen LogP contribution in [0.2, 0.25) is 0 Å². The van der Waals surface area contributed by atoms with Crippen LogP contribution < -0.4 is 9.47 Å². The Hall–Kier alpha value is -3.94. The summed E-state index contributed by atoms with van der Waals surface area (Å²) in [6.07, 6.45) is 8.28. The molecule has 5 rings (SSSR count). The minimum Gasteiger partial charge on any atom is -0.494 e. The number of aromatic nitrogens is 3. The number of likely N-dealkylation sites (tertiary alicyclic amines) is 1. The van der Waals surface area contributed by atoms with Crippen LogP contribution in [0.15, 0.2) is 61.1 Å². The second-order valence-electron chi connectivity index (χ2n) is 7.99. The molecule has 0 saturated carbocycles. The maximum Gasteiger partial charge on any atom is 0.209 e. The molecule has 1 aliphatic heterocycles. The fraction of sp³-hybridized carbons (Fsp3) is 0.240. The van der Waals surface area contributed by atoms with E-state index in [2.05, 4.69) is 9.38 Å². The lowest BCUT2D eigenvalue weighted by molar-refractivity contribution is -0.119. The molecule has 0 radical (unpaired) electrons. The Morgan fingerprint density at radius 1 is 1.15 bits per heavy atom. The van der Waals surface area contributed by atoms with Crippen LogP contribution in [0.4, 0.5) is 4.39 Å². The van der Waals surface area contributed by atoms with Crippen molar-refractivity contribution in [3.63, 3.8) is 0 Å². The highest BCUT2D eigenvalue weighted by Crippen LogP contribution is 2.34. The molecule has 4 aromatic rings. The normalized spacial score (nSPS) is 16.1. The third-order valence-electron chi connectivity index (χ3n) is 5.94. The first-order valence-electron chi connectivity index (χ1n) is 10.8. The molecule has 2 aromatic heterocycles. The first-order valence-corrected chi connectivity index (χ1v) is 10.8. The zero-order valence-electron chi connectivity index (χ0n) is 18.1. The zero-order valence-corrected chi connectivity index (χ0v) is 18.1.